The first-order valence-electron chi connectivity index (χ1n) is 8.41. The van der Waals surface area contributed by atoms with Crippen molar-refractivity contribution < 1.29 is 28.6 Å². The van der Waals surface area contributed by atoms with E-state index in [2.05, 4.69) is 4.99 Å². The molecule has 0 aliphatic carbocycles. The minimum Gasteiger partial charge on any atom is -0.468 e. The number of hydrogen-bond donors (Lipinski definition) is 0. The number of carbonyl (C=O) groups excluding carboxylic acids is 3. The quantitative estimate of drug-likeness (QED) is 0.563. The molecule has 2 atom stereocenters. The number of rotatable bonds is 5. The van der Waals surface area contributed by atoms with Gasteiger partial charge in [-0.15, -0.1) is 0 Å². The summed E-state index contributed by atoms with van der Waals surface area (Å²) in [6, 6.07) is 8.58. The van der Waals surface area contributed by atoms with Gasteiger partial charge in [0.05, 0.1) is 31.4 Å². The van der Waals surface area contributed by atoms with Crippen molar-refractivity contribution >= 4 is 23.6 Å². The zero-order valence-corrected chi connectivity index (χ0v) is 16.0. The lowest BCUT2D eigenvalue weighted by Gasteiger charge is -2.29. The van der Waals surface area contributed by atoms with Crippen LogP contribution in [0.5, 0.6) is 0 Å². The van der Waals surface area contributed by atoms with E-state index in [-0.39, 0.29) is 17.9 Å². The molecule has 2 rings (SSSR count). The van der Waals surface area contributed by atoms with Crippen LogP contribution >= 0.6 is 0 Å². The van der Waals surface area contributed by atoms with Crippen LogP contribution in [0.15, 0.2) is 40.5 Å². The molecule has 1 aliphatic heterocycles. The molecule has 1 aromatic rings. The standard InChI is InChI=1S/C20H20N2O6/c1-11-15(18(23)26-3)17(16(12(2)22-11)19(24)27-4)20(25)28-10-14-7-5-6-13(8-14)9-21/h5-8,15,17H,10H2,1-4H3/t15?,17-/m0/s1. The second-order valence-electron chi connectivity index (χ2n) is 6.14. The lowest BCUT2D eigenvalue weighted by molar-refractivity contribution is -0.157. The topological polar surface area (TPSA) is 115 Å². The third-order valence-electron chi connectivity index (χ3n) is 4.38. The van der Waals surface area contributed by atoms with Crippen molar-refractivity contribution in [3.05, 3.63) is 46.7 Å². The Morgan fingerprint density at radius 2 is 1.82 bits per heavy atom. The molecular formula is C20H20N2O6. The van der Waals surface area contributed by atoms with Crippen molar-refractivity contribution in [2.45, 2.75) is 20.5 Å². The molecule has 0 N–H and O–H groups in total. The summed E-state index contributed by atoms with van der Waals surface area (Å²) in [4.78, 5) is 41.7. The zero-order chi connectivity index (χ0) is 20.8. The highest BCUT2D eigenvalue weighted by molar-refractivity contribution is 6.10. The van der Waals surface area contributed by atoms with Gasteiger partial charge in [-0.3, -0.25) is 14.6 Å². The number of carbonyl (C=O) groups is 3. The van der Waals surface area contributed by atoms with Crippen molar-refractivity contribution in [1.29, 1.82) is 5.26 Å². The molecule has 1 unspecified atom stereocenters. The number of esters is 3. The van der Waals surface area contributed by atoms with Gasteiger partial charge in [-0.25, -0.2) is 4.79 Å². The predicted octanol–water partition coefficient (Wildman–Crippen LogP) is 1.93. The van der Waals surface area contributed by atoms with Crippen molar-refractivity contribution in [2.24, 2.45) is 16.8 Å². The van der Waals surface area contributed by atoms with Crippen LogP contribution in [0.25, 0.3) is 0 Å². The van der Waals surface area contributed by atoms with E-state index in [1.165, 1.54) is 14.2 Å². The fourth-order valence-corrected chi connectivity index (χ4v) is 3.07. The number of allylic oxidation sites excluding steroid dienone is 1. The highest BCUT2D eigenvalue weighted by atomic mass is 16.5. The van der Waals surface area contributed by atoms with Crippen LogP contribution in [0.3, 0.4) is 0 Å². The lowest BCUT2D eigenvalue weighted by atomic mass is 9.80. The van der Waals surface area contributed by atoms with Crippen LogP contribution in [0.1, 0.15) is 25.0 Å². The number of nitriles is 1. The van der Waals surface area contributed by atoms with E-state index in [9.17, 15) is 14.4 Å². The molecule has 8 nitrogen and oxygen atoms in total. The molecule has 0 saturated heterocycles. The SMILES string of the molecule is COC(=O)C1=C(C)N=C(C)C(C(=O)OC)[C@@H]1C(=O)OCc1cccc(C#N)c1. The van der Waals surface area contributed by atoms with Gasteiger partial charge in [-0.1, -0.05) is 12.1 Å². The third-order valence-corrected chi connectivity index (χ3v) is 4.38. The van der Waals surface area contributed by atoms with Crippen LogP contribution in [0.4, 0.5) is 0 Å². The molecule has 28 heavy (non-hydrogen) atoms. The Balaban J connectivity index is 2.36. The average molecular weight is 384 g/mol. The summed E-state index contributed by atoms with van der Waals surface area (Å²) in [6.07, 6.45) is 0. The van der Waals surface area contributed by atoms with Gasteiger partial charge in [0.15, 0.2) is 0 Å². The van der Waals surface area contributed by atoms with Crippen LogP contribution in [0, 0.1) is 23.2 Å². The molecule has 0 aromatic heterocycles. The summed E-state index contributed by atoms with van der Waals surface area (Å²) in [6.45, 7) is 3.01. The molecule has 0 amide bonds. The molecule has 146 valence electrons. The number of hydrogen-bond acceptors (Lipinski definition) is 8. The van der Waals surface area contributed by atoms with E-state index in [4.69, 9.17) is 19.5 Å². The van der Waals surface area contributed by atoms with Gasteiger partial charge in [0, 0.05) is 11.4 Å². The molecule has 0 spiro atoms. The number of benzene rings is 1. The van der Waals surface area contributed by atoms with Crippen LogP contribution in [-0.2, 0) is 35.2 Å². The molecule has 1 aliphatic rings. The maximum atomic E-state index is 12.9. The summed E-state index contributed by atoms with van der Waals surface area (Å²) >= 11 is 0. The van der Waals surface area contributed by atoms with E-state index < -0.39 is 29.7 Å². The summed E-state index contributed by atoms with van der Waals surface area (Å²) in [5, 5.41) is 8.97. The summed E-state index contributed by atoms with van der Waals surface area (Å²) in [7, 11) is 2.37. The molecule has 1 heterocycles. The number of ether oxygens (including phenoxy) is 3. The Morgan fingerprint density at radius 3 is 2.43 bits per heavy atom. The van der Waals surface area contributed by atoms with Gasteiger partial charge < -0.3 is 14.2 Å². The van der Waals surface area contributed by atoms with Crippen molar-refractivity contribution in [2.75, 3.05) is 14.2 Å². The Hall–Kier alpha value is -3.47. The molecule has 1 aromatic carbocycles. The van der Waals surface area contributed by atoms with Crippen LogP contribution in [-0.4, -0.2) is 37.8 Å². The van der Waals surface area contributed by atoms with Crippen molar-refractivity contribution in [3.63, 3.8) is 0 Å². The highest BCUT2D eigenvalue weighted by Gasteiger charge is 2.46. The largest absolute Gasteiger partial charge is 0.468 e. The van der Waals surface area contributed by atoms with E-state index in [1.807, 2.05) is 6.07 Å². The second-order valence-corrected chi connectivity index (χ2v) is 6.14. The third kappa shape index (κ3) is 4.26. The summed E-state index contributed by atoms with van der Waals surface area (Å²) in [5.41, 5.74) is 1.60. The number of aliphatic imine (C=N–C) groups is 1. The monoisotopic (exact) mass is 384 g/mol. The van der Waals surface area contributed by atoms with Gasteiger partial charge in [0.1, 0.15) is 18.4 Å². The highest BCUT2D eigenvalue weighted by Crippen LogP contribution is 2.33. The summed E-state index contributed by atoms with van der Waals surface area (Å²) < 4.78 is 14.9. The first kappa shape index (κ1) is 20.8. The average Bonchev–Trinajstić information content (AvgIpc) is 2.70. The number of nitrogens with zero attached hydrogens (tertiary/aromatic N) is 2. The van der Waals surface area contributed by atoms with E-state index in [0.29, 0.717) is 16.8 Å². The fraction of sp³-hybridized carbons (Fsp3) is 0.350. The molecule has 8 heteroatoms. The first-order chi connectivity index (χ1) is 13.3. The van der Waals surface area contributed by atoms with E-state index in [1.54, 1.807) is 38.1 Å². The van der Waals surface area contributed by atoms with E-state index >= 15 is 0 Å². The normalized spacial score (nSPS) is 18.6. The second kappa shape index (κ2) is 8.95. The molecular weight excluding hydrogens is 364 g/mol. The van der Waals surface area contributed by atoms with Gasteiger partial charge >= 0.3 is 17.9 Å². The molecule has 0 radical (unpaired) electrons. The van der Waals surface area contributed by atoms with Crippen LogP contribution < -0.4 is 0 Å². The van der Waals surface area contributed by atoms with Crippen LogP contribution in [0.2, 0.25) is 0 Å². The van der Waals surface area contributed by atoms with Crippen molar-refractivity contribution in [3.8, 4) is 6.07 Å². The fourth-order valence-electron chi connectivity index (χ4n) is 3.07. The Labute approximate surface area is 162 Å². The maximum absolute atomic E-state index is 12.9. The minimum absolute atomic E-state index is 0.0423. The minimum atomic E-state index is -1.24. The predicted molar refractivity (Wildman–Crippen MR) is 97.8 cm³/mol. The van der Waals surface area contributed by atoms with Crippen molar-refractivity contribution in [1.82, 2.24) is 0 Å². The lowest BCUT2D eigenvalue weighted by Crippen LogP contribution is -2.42. The Morgan fingerprint density at radius 1 is 1.11 bits per heavy atom. The van der Waals surface area contributed by atoms with Gasteiger partial charge in [-0.05, 0) is 31.5 Å². The smallest absolute Gasteiger partial charge is 0.336 e. The first-order valence-corrected chi connectivity index (χ1v) is 8.41. The molecule has 0 fully saturated rings. The Bertz CT molecular complexity index is 910. The van der Waals surface area contributed by atoms with Gasteiger partial charge in [0.2, 0.25) is 0 Å². The summed E-state index contributed by atoms with van der Waals surface area (Å²) in [5.74, 6) is -4.59. The van der Waals surface area contributed by atoms with Gasteiger partial charge in [0.25, 0.3) is 0 Å². The maximum Gasteiger partial charge on any atom is 0.336 e. The van der Waals surface area contributed by atoms with E-state index in [0.717, 1.165) is 0 Å². The zero-order valence-electron chi connectivity index (χ0n) is 16.0. The van der Waals surface area contributed by atoms with Gasteiger partial charge in [-0.2, -0.15) is 5.26 Å². The Kier molecular flexibility index (Phi) is 6.66. The number of methoxy groups -OCH3 is 2. The molecule has 0 saturated carbocycles. The molecule has 0 bridgehead atoms.